The summed E-state index contributed by atoms with van der Waals surface area (Å²) >= 11 is 0. The van der Waals surface area contributed by atoms with E-state index in [1.165, 1.54) is 6.42 Å². The number of carbonyl (C=O) groups excluding carboxylic acids is 1. The largest absolute Gasteiger partial charge is 0.388 e. The zero-order valence-electron chi connectivity index (χ0n) is 13.1. The van der Waals surface area contributed by atoms with E-state index in [-0.39, 0.29) is 11.3 Å². The van der Waals surface area contributed by atoms with Crippen LogP contribution in [0.1, 0.15) is 72.6 Å². The van der Waals surface area contributed by atoms with Crippen molar-refractivity contribution in [1.82, 2.24) is 5.32 Å². The molecule has 19 heavy (non-hydrogen) atoms. The van der Waals surface area contributed by atoms with E-state index in [9.17, 15) is 9.90 Å². The van der Waals surface area contributed by atoms with E-state index in [0.717, 1.165) is 32.1 Å². The second-order valence-electron chi connectivity index (χ2n) is 7.64. The van der Waals surface area contributed by atoms with Crippen LogP contribution < -0.4 is 5.32 Å². The molecule has 3 nitrogen and oxygen atoms in total. The maximum atomic E-state index is 11.9. The minimum Gasteiger partial charge on any atom is -0.388 e. The van der Waals surface area contributed by atoms with Crippen molar-refractivity contribution in [3.05, 3.63) is 0 Å². The monoisotopic (exact) mass is 269 g/mol. The third-order valence-electron chi connectivity index (χ3n) is 3.89. The number of aliphatic hydroxyl groups is 1. The SMILES string of the molecule is CC(CC(=O)NCC1(O)CCCCC1)CC(C)(C)C. The highest BCUT2D eigenvalue weighted by Gasteiger charge is 2.29. The van der Waals surface area contributed by atoms with Crippen LogP contribution in [0.3, 0.4) is 0 Å². The van der Waals surface area contributed by atoms with E-state index in [2.05, 4.69) is 33.0 Å². The van der Waals surface area contributed by atoms with E-state index in [0.29, 0.717) is 18.9 Å². The van der Waals surface area contributed by atoms with Gasteiger partial charge in [0.2, 0.25) is 5.91 Å². The topological polar surface area (TPSA) is 49.3 Å². The smallest absolute Gasteiger partial charge is 0.220 e. The fourth-order valence-corrected chi connectivity index (χ4v) is 3.16. The summed E-state index contributed by atoms with van der Waals surface area (Å²) in [5.74, 6) is 0.469. The van der Waals surface area contributed by atoms with Crippen molar-refractivity contribution in [3.8, 4) is 0 Å². The van der Waals surface area contributed by atoms with Gasteiger partial charge in [0.1, 0.15) is 0 Å². The van der Waals surface area contributed by atoms with Gasteiger partial charge in [0, 0.05) is 13.0 Å². The first-order valence-electron chi connectivity index (χ1n) is 7.69. The molecule has 0 saturated heterocycles. The average Bonchev–Trinajstić information content (AvgIpc) is 2.25. The molecule has 1 aliphatic carbocycles. The molecule has 1 aliphatic rings. The first kappa shape index (κ1) is 16.5. The number of nitrogens with one attached hydrogen (secondary N) is 1. The van der Waals surface area contributed by atoms with Gasteiger partial charge < -0.3 is 10.4 Å². The van der Waals surface area contributed by atoms with E-state index in [1.807, 2.05) is 0 Å². The molecule has 3 heteroatoms. The van der Waals surface area contributed by atoms with Gasteiger partial charge in [-0.15, -0.1) is 0 Å². The summed E-state index contributed by atoms with van der Waals surface area (Å²) in [6.45, 7) is 9.15. The highest BCUT2D eigenvalue weighted by atomic mass is 16.3. The Morgan fingerprint density at radius 3 is 2.37 bits per heavy atom. The van der Waals surface area contributed by atoms with Crippen LogP contribution in [-0.2, 0) is 4.79 Å². The normalized spacial score (nSPS) is 20.9. The molecule has 0 aliphatic heterocycles. The molecule has 0 spiro atoms. The minimum atomic E-state index is -0.652. The van der Waals surface area contributed by atoms with Crippen LogP contribution in [0, 0.1) is 11.3 Å². The fraction of sp³-hybridized carbons (Fsp3) is 0.938. The van der Waals surface area contributed by atoms with Crippen LogP contribution in [0.25, 0.3) is 0 Å². The molecule has 1 amide bonds. The standard InChI is InChI=1S/C16H31NO2/c1-13(11-15(2,3)4)10-14(18)17-12-16(19)8-6-5-7-9-16/h13,19H,5-12H2,1-4H3,(H,17,18). The highest BCUT2D eigenvalue weighted by molar-refractivity contribution is 5.76. The van der Waals surface area contributed by atoms with Crippen LogP contribution >= 0.6 is 0 Å². The van der Waals surface area contributed by atoms with Gasteiger partial charge in [-0.25, -0.2) is 0 Å². The van der Waals surface area contributed by atoms with E-state index in [4.69, 9.17) is 0 Å². The number of hydrogen-bond acceptors (Lipinski definition) is 2. The maximum absolute atomic E-state index is 11.9. The van der Waals surface area contributed by atoms with Crippen LogP contribution in [-0.4, -0.2) is 23.2 Å². The molecule has 1 fully saturated rings. The first-order chi connectivity index (χ1) is 8.70. The molecule has 2 N–H and O–H groups in total. The second-order valence-corrected chi connectivity index (χ2v) is 7.64. The van der Waals surface area contributed by atoms with E-state index < -0.39 is 5.60 Å². The Balaban J connectivity index is 2.27. The van der Waals surface area contributed by atoms with Gasteiger partial charge in [-0.2, -0.15) is 0 Å². The first-order valence-corrected chi connectivity index (χ1v) is 7.69. The molecule has 112 valence electrons. The Bertz CT molecular complexity index is 288. The lowest BCUT2D eigenvalue weighted by Crippen LogP contribution is -2.44. The Kier molecular flexibility index (Phi) is 5.84. The van der Waals surface area contributed by atoms with Crippen molar-refractivity contribution in [1.29, 1.82) is 0 Å². The lowest BCUT2D eigenvalue weighted by molar-refractivity contribution is -0.123. The molecule has 0 aromatic heterocycles. The molecule has 1 rings (SSSR count). The number of amides is 1. The van der Waals surface area contributed by atoms with E-state index >= 15 is 0 Å². The molecule has 0 aromatic carbocycles. The Morgan fingerprint density at radius 1 is 1.26 bits per heavy atom. The van der Waals surface area contributed by atoms with Gasteiger partial charge in [0.25, 0.3) is 0 Å². The zero-order chi connectivity index (χ0) is 14.5. The van der Waals surface area contributed by atoms with E-state index in [1.54, 1.807) is 0 Å². The third kappa shape index (κ3) is 6.95. The lowest BCUT2D eigenvalue weighted by Gasteiger charge is -2.32. The Hall–Kier alpha value is -0.570. The quantitative estimate of drug-likeness (QED) is 0.805. The zero-order valence-corrected chi connectivity index (χ0v) is 13.1. The summed E-state index contributed by atoms with van der Waals surface area (Å²) in [4.78, 5) is 11.9. The molecular formula is C16H31NO2. The molecule has 0 heterocycles. The maximum Gasteiger partial charge on any atom is 0.220 e. The van der Waals surface area contributed by atoms with Crippen molar-refractivity contribution in [2.75, 3.05) is 6.54 Å². The van der Waals surface area contributed by atoms with Crippen LogP contribution in [0.15, 0.2) is 0 Å². The molecule has 0 aromatic rings. The summed E-state index contributed by atoms with van der Waals surface area (Å²) in [5.41, 5.74) is -0.386. The molecule has 0 radical (unpaired) electrons. The summed E-state index contributed by atoms with van der Waals surface area (Å²) in [6, 6.07) is 0. The minimum absolute atomic E-state index is 0.0794. The van der Waals surface area contributed by atoms with Gasteiger partial charge >= 0.3 is 0 Å². The number of carbonyl (C=O) groups is 1. The van der Waals surface area contributed by atoms with Crippen molar-refractivity contribution in [2.24, 2.45) is 11.3 Å². The Morgan fingerprint density at radius 2 is 1.84 bits per heavy atom. The van der Waals surface area contributed by atoms with Crippen molar-refractivity contribution < 1.29 is 9.90 Å². The summed E-state index contributed by atoms with van der Waals surface area (Å²) in [7, 11) is 0. The third-order valence-corrected chi connectivity index (χ3v) is 3.89. The molecule has 0 bridgehead atoms. The van der Waals surface area contributed by atoms with Crippen LogP contribution in [0.5, 0.6) is 0 Å². The van der Waals surface area contributed by atoms with Crippen molar-refractivity contribution in [2.45, 2.75) is 78.2 Å². The predicted molar refractivity (Wildman–Crippen MR) is 78.9 cm³/mol. The number of hydrogen-bond donors (Lipinski definition) is 2. The van der Waals surface area contributed by atoms with Gasteiger partial charge in [-0.1, -0.05) is 47.0 Å². The van der Waals surface area contributed by atoms with Crippen molar-refractivity contribution in [3.63, 3.8) is 0 Å². The van der Waals surface area contributed by atoms with Gasteiger partial charge in [0.15, 0.2) is 0 Å². The molecule has 1 atom stereocenters. The van der Waals surface area contributed by atoms with Crippen LogP contribution in [0.2, 0.25) is 0 Å². The summed E-state index contributed by atoms with van der Waals surface area (Å²) in [6.07, 6.45) is 6.62. The molecule has 1 saturated carbocycles. The Labute approximate surface area is 118 Å². The average molecular weight is 269 g/mol. The van der Waals surface area contributed by atoms with Crippen molar-refractivity contribution >= 4 is 5.91 Å². The molecular weight excluding hydrogens is 238 g/mol. The number of rotatable bonds is 5. The van der Waals surface area contributed by atoms with Crippen LogP contribution in [0.4, 0.5) is 0 Å². The predicted octanol–water partition coefficient (Wildman–Crippen LogP) is 3.26. The highest BCUT2D eigenvalue weighted by Crippen LogP contribution is 2.28. The van der Waals surface area contributed by atoms with Gasteiger partial charge in [0.05, 0.1) is 5.60 Å². The summed E-state index contributed by atoms with van der Waals surface area (Å²) in [5, 5.41) is 13.2. The lowest BCUT2D eigenvalue weighted by atomic mass is 9.83. The second kappa shape index (κ2) is 6.74. The fourth-order valence-electron chi connectivity index (χ4n) is 3.16. The van der Waals surface area contributed by atoms with Gasteiger partial charge in [-0.05, 0) is 30.6 Å². The van der Waals surface area contributed by atoms with Gasteiger partial charge in [-0.3, -0.25) is 4.79 Å². The molecule has 1 unspecified atom stereocenters. The summed E-state index contributed by atoms with van der Waals surface area (Å²) < 4.78 is 0.